The summed E-state index contributed by atoms with van der Waals surface area (Å²) in [4.78, 5) is 2.63. The fraction of sp³-hybridized carbons (Fsp3) is 1.00. The summed E-state index contributed by atoms with van der Waals surface area (Å²) in [5.41, 5.74) is 5.59. The fourth-order valence-corrected chi connectivity index (χ4v) is 2.34. The first-order valence-electron chi connectivity index (χ1n) is 5.61. The van der Waals surface area contributed by atoms with E-state index in [1.165, 1.54) is 19.4 Å². The van der Waals surface area contributed by atoms with E-state index in [4.69, 9.17) is 5.73 Å². The summed E-state index contributed by atoms with van der Waals surface area (Å²) in [7, 11) is 0. The largest absolute Gasteiger partial charge is 0.330 e. The summed E-state index contributed by atoms with van der Waals surface area (Å²) in [6, 6.07) is 1.43. The molecule has 0 bridgehead atoms. The molecule has 1 rings (SSSR count). The summed E-state index contributed by atoms with van der Waals surface area (Å²) in [5.74, 6) is 0.872. The zero-order chi connectivity index (χ0) is 9.84. The molecule has 3 atom stereocenters. The Kier molecular flexibility index (Phi) is 4.20. The Morgan fingerprint density at radius 2 is 2.08 bits per heavy atom. The van der Waals surface area contributed by atoms with E-state index in [0.717, 1.165) is 24.9 Å². The molecule has 0 aromatic carbocycles. The maximum absolute atomic E-state index is 5.59. The van der Waals surface area contributed by atoms with Crippen LogP contribution in [0.15, 0.2) is 0 Å². The Morgan fingerprint density at radius 1 is 1.38 bits per heavy atom. The van der Waals surface area contributed by atoms with E-state index in [1.807, 2.05) is 0 Å². The molecule has 0 aromatic rings. The number of hydrogen-bond acceptors (Lipinski definition) is 2. The molecule has 1 fully saturated rings. The average Bonchev–Trinajstić information content (AvgIpc) is 2.09. The highest BCUT2D eigenvalue weighted by molar-refractivity contribution is 4.80. The van der Waals surface area contributed by atoms with Gasteiger partial charge in [-0.1, -0.05) is 6.92 Å². The van der Waals surface area contributed by atoms with Crippen LogP contribution in [0, 0.1) is 5.92 Å². The second-order valence-electron chi connectivity index (χ2n) is 4.65. The second kappa shape index (κ2) is 4.97. The minimum atomic E-state index is 0.669. The minimum Gasteiger partial charge on any atom is -0.330 e. The molecule has 3 unspecified atom stereocenters. The highest BCUT2D eigenvalue weighted by atomic mass is 15.2. The van der Waals surface area contributed by atoms with Gasteiger partial charge in [0.1, 0.15) is 0 Å². The summed E-state index contributed by atoms with van der Waals surface area (Å²) in [5, 5.41) is 0. The molecule has 2 nitrogen and oxygen atoms in total. The number of piperidine rings is 1. The van der Waals surface area contributed by atoms with Gasteiger partial charge in [0.25, 0.3) is 0 Å². The van der Waals surface area contributed by atoms with E-state index in [2.05, 4.69) is 25.7 Å². The normalized spacial score (nSPS) is 33.2. The Bertz CT molecular complexity index is 147. The Morgan fingerprint density at radius 3 is 2.69 bits per heavy atom. The minimum absolute atomic E-state index is 0.669. The molecule has 2 heteroatoms. The number of nitrogens with zero attached hydrogens (tertiary/aromatic N) is 1. The van der Waals surface area contributed by atoms with Crippen molar-refractivity contribution < 1.29 is 0 Å². The van der Waals surface area contributed by atoms with Crippen LogP contribution in [0.1, 0.15) is 40.0 Å². The highest BCUT2D eigenvalue weighted by Gasteiger charge is 2.25. The van der Waals surface area contributed by atoms with Crippen LogP contribution < -0.4 is 5.73 Å². The van der Waals surface area contributed by atoms with Gasteiger partial charge in [0.2, 0.25) is 0 Å². The van der Waals surface area contributed by atoms with E-state index >= 15 is 0 Å². The zero-order valence-corrected chi connectivity index (χ0v) is 9.29. The van der Waals surface area contributed by atoms with Crippen LogP contribution in [-0.2, 0) is 0 Å². The van der Waals surface area contributed by atoms with Gasteiger partial charge in [0, 0.05) is 18.6 Å². The summed E-state index contributed by atoms with van der Waals surface area (Å²) in [6.07, 6.45) is 3.89. The first kappa shape index (κ1) is 11.0. The van der Waals surface area contributed by atoms with E-state index in [9.17, 15) is 0 Å². The third-order valence-electron chi connectivity index (χ3n) is 3.32. The second-order valence-corrected chi connectivity index (χ2v) is 4.65. The summed E-state index contributed by atoms with van der Waals surface area (Å²) < 4.78 is 0. The Hall–Kier alpha value is -0.0800. The monoisotopic (exact) mass is 184 g/mol. The van der Waals surface area contributed by atoms with Gasteiger partial charge in [0.15, 0.2) is 0 Å². The van der Waals surface area contributed by atoms with Crippen LogP contribution >= 0.6 is 0 Å². The van der Waals surface area contributed by atoms with Crippen molar-refractivity contribution in [2.45, 2.75) is 52.1 Å². The number of hydrogen-bond donors (Lipinski definition) is 1. The average molecular weight is 184 g/mol. The molecule has 1 saturated heterocycles. The molecular formula is C11H24N2. The van der Waals surface area contributed by atoms with Crippen LogP contribution in [0.3, 0.4) is 0 Å². The topological polar surface area (TPSA) is 29.3 Å². The molecule has 1 aliphatic rings. The third kappa shape index (κ3) is 2.96. The molecule has 0 aliphatic carbocycles. The van der Waals surface area contributed by atoms with E-state index in [1.54, 1.807) is 0 Å². The predicted octanol–water partition coefficient (Wildman–Crippen LogP) is 1.84. The van der Waals surface area contributed by atoms with E-state index in [-0.39, 0.29) is 0 Å². The van der Waals surface area contributed by atoms with Gasteiger partial charge in [0.05, 0.1) is 0 Å². The summed E-state index contributed by atoms with van der Waals surface area (Å²) in [6.45, 7) is 9.09. The highest BCUT2D eigenvalue weighted by Crippen LogP contribution is 2.23. The molecule has 78 valence electrons. The standard InChI is InChI=1S/C11H24N2/c1-9-4-5-10(2)13(8-9)11(3)6-7-12/h9-11H,4-8,12H2,1-3H3. The smallest absolute Gasteiger partial charge is 0.00818 e. The van der Waals surface area contributed by atoms with E-state index in [0.29, 0.717) is 6.04 Å². The molecule has 0 aromatic heterocycles. The maximum Gasteiger partial charge on any atom is 0.00818 e. The SMILES string of the molecule is CC1CCC(C)N(C(C)CCN)C1. The molecule has 0 spiro atoms. The maximum atomic E-state index is 5.59. The van der Waals surface area contributed by atoms with Crippen molar-refractivity contribution in [2.24, 2.45) is 11.7 Å². The molecule has 0 saturated carbocycles. The first-order chi connectivity index (χ1) is 6.15. The van der Waals surface area contributed by atoms with Gasteiger partial charge in [-0.3, -0.25) is 4.90 Å². The quantitative estimate of drug-likeness (QED) is 0.725. The van der Waals surface area contributed by atoms with Crippen molar-refractivity contribution in [1.82, 2.24) is 4.90 Å². The molecule has 1 heterocycles. The molecule has 1 aliphatic heterocycles. The molecule has 13 heavy (non-hydrogen) atoms. The van der Waals surface area contributed by atoms with Gasteiger partial charge in [-0.15, -0.1) is 0 Å². The van der Waals surface area contributed by atoms with Crippen LogP contribution in [0.25, 0.3) is 0 Å². The molecule has 0 radical (unpaired) electrons. The van der Waals surface area contributed by atoms with Crippen molar-refractivity contribution >= 4 is 0 Å². The molecule has 0 amide bonds. The van der Waals surface area contributed by atoms with Crippen molar-refractivity contribution in [1.29, 1.82) is 0 Å². The predicted molar refractivity (Wildman–Crippen MR) is 57.7 cm³/mol. The lowest BCUT2D eigenvalue weighted by molar-refractivity contribution is 0.0816. The first-order valence-corrected chi connectivity index (χ1v) is 5.61. The van der Waals surface area contributed by atoms with Gasteiger partial charge in [-0.05, 0) is 45.6 Å². The third-order valence-corrected chi connectivity index (χ3v) is 3.32. The number of likely N-dealkylation sites (tertiary alicyclic amines) is 1. The molecule has 2 N–H and O–H groups in total. The van der Waals surface area contributed by atoms with Gasteiger partial charge >= 0.3 is 0 Å². The van der Waals surface area contributed by atoms with Crippen LogP contribution in [-0.4, -0.2) is 30.1 Å². The van der Waals surface area contributed by atoms with Gasteiger partial charge in [-0.2, -0.15) is 0 Å². The summed E-state index contributed by atoms with van der Waals surface area (Å²) >= 11 is 0. The van der Waals surface area contributed by atoms with Gasteiger partial charge < -0.3 is 5.73 Å². The zero-order valence-electron chi connectivity index (χ0n) is 9.29. The Balaban J connectivity index is 2.44. The number of rotatable bonds is 3. The van der Waals surface area contributed by atoms with Crippen LogP contribution in [0.2, 0.25) is 0 Å². The lowest BCUT2D eigenvalue weighted by atomic mass is 9.93. The van der Waals surface area contributed by atoms with Gasteiger partial charge in [-0.25, -0.2) is 0 Å². The Labute approximate surface area is 82.5 Å². The van der Waals surface area contributed by atoms with Crippen LogP contribution in [0.4, 0.5) is 0 Å². The van der Waals surface area contributed by atoms with E-state index < -0.39 is 0 Å². The van der Waals surface area contributed by atoms with Crippen LogP contribution in [0.5, 0.6) is 0 Å². The van der Waals surface area contributed by atoms with Crippen molar-refractivity contribution in [2.75, 3.05) is 13.1 Å². The van der Waals surface area contributed by atoms with Crippen molar-refractivity contribution in [3.63, 3.8) is 0 Å². The number of nitrogens with two attached hydrogens (primary N) is 1. The fourth-order valence-electron chi connectivity index (χ4n) is 2.34. The lowest BCUT2D eigenvalue weighted by Crippen LogP contribution is -2.46. The molecular weight excluding hydrogens is 160 g/mol. The van der Waals surface area contributed by atoms with Crippen molar-refractivity contribution in [3.8, 4) is 0 Å². The lowest BCUT2D eigenvalue weighted by Gasteiger charge is -2.40. The van der Waals surface area contributed by atoms with Crippen molar-refractivity contribution in [3.05, 3.63) is 0 Å².